The number of nitrogens with one attached hydrogen (secondary N) is 2. The van der Waals surface area contributed by atoms with Gasteiger partial charge in [-0.1, -0.05) is 20.8 Å². The topological polar surface area (TPSA) is 78.4 Å². The molecule has 0 aromatic rings. The van der Waals surface area contributed by atoms with Crippen LogP contribution < -0.4 is 10.6 Å². The highest BCUT2D eigenvalue weighted by Crippen LogP contribution is 2.39. The lowest BCUT2D eigenvalue weighted by atomic mass is 9.92. The van der Waals surface area contributed by atoms with E-state index in [-0.39, 0.29) is 30.4 Å². The molecule has 0 bridgehead atoms. The van der Waals surface area contributed by atoms with Crippen LogP contribution in [0.3, 0.4) is 0 Å². The van der Waals surface area contributed by atoms with Crippen LogP contribution in [-0.2, 0) is 9.59 Å². The quantitative estimate of drug-likeness (QED) is 0.668. The van der Waals surface area contributed by atoms with Gasteiger partial charge in [0.15, 0.2) is 0 Å². The lowest BCUT2D eigenvalue weighted by Crippen LogP contribution is -2.53. The van der Waals surface area contributed by atoms with E-state index in [0.717, 1.165) is 12.8 Å². The first-order valence-electron chi connectivity index (χ1n) is 6.85. The van der Waals surface area contributed by atoms with Gasteiger partial charge in [0.1, 0.15) is 0 Å². The highest BCUT2D eigenvalue weighted by molar-refractivity contribution is 5.85. The third-order valence-corrected chi connectivity index (χ3v) is 3.37. The number of carbonyl (C=O) groups is 2. The molecule has 1 fully saturated rings. The molecule has 0 heterocycles. The molecule has 0 aliphatic heterocycles. The summed E-state index contributed by atoms with van der Waals surface area (Å²) in [5.41, 5.74) is -0.639. The molecule has 0 radical (unpaired) electrons. The first-order valence-corrected chi connectivity index (χ1v) is 6.85. The predicted molar refractivity (Wildman–Crippen MR) is 73.4 cm³/mol. The molecule has 0 saturated heterocycles. The van der Waals surface area contributed by atoms with Crippen LogP contribution in [0.1, 0.15) is 47.0 Å². The van der Waals surface area contributed by atoms with Crippen LogP contribution in [0.15, 0.2) is 0 Å². The number of aliphatic hydroxyl groups is 1. The highest BCUT2D eigenvalue weighted by atomic mass is 16.3. The molecule has 1 rings (SSSR count). The SMILES string of the molecule is CC(C)(C)CC(=O)NCC(=O)NC(C)(CO)C1CC1. The summed E-state index contributed by atoms with van der Waals surface area (Å²) < 4.78 is 0. The maximum atomic E-state index is 11.8. The van der Waals surface area contributed by atoms with Gasteiger partial charge in [-0.15, -0.1) is 0 Å². The van der Waals surface area contributed by atoms with Crippen LogP contribution in [-0.4, -0.2) is 35.6 Å². The van der Waals surface area contributed by atoms with E-state index in [1.807, 2.05) is 27.7 Å². The second-order valence-corrected chi connectivity index (χ2v) is 6.91. The normalized spacial score (nSPS) is 18.6. The second kappa shape index (κ2) is 5.90. The summed E-state index contributed by atoms with van der Waals surface area (Å²) in [6.07, 6.45) is 2.46. The van der Waals surface area contributed by atoms with E-state index in [4.69, 9.17) is 0 Å². The largest absolute Gasteiger partial charge is 0.394 e. The van der Waals surface area contributed by atoms with E-state index in [1.165, 1.54) is 0 Å². The van der Waals surface area contributed by atoms with Gasteiger partial charge in [-0.2, -0.15) is 0 Å². The zero-order chi connectivity index (χ0) is 14.7. The Morgan fingerprint density at radius 3 is 2.16 bits per heavy atom. The van der Waals surface area contributed by atoms with Crippen molar-refractivity contribution in [1.82, 2.24) is 10.6 Å². The molecule has 110 valence electrons. The van der Waals surface area contributed by atoms with Crippen molar-refractivity contribution < 1.29 is 14.7 Å². The molecule has 1 saturated carbocycles. The first-order chi connectivity index (χ1) is 8.66. The maximum absolute atomic E-state index is 11.8. The second-order valence-electron chi connectivity index (χ2n) is 6.91. The highest BCUT2D eigenvalue weighted by Gasteiger charge is 2.42. The molecule has 5 nitrogen and oxygen atoms in total. The van der Waals surface area contributed by atoms with Crippen molar-refractivity contribution in [3.05, 3.63) is 0 Å². The smallest absolute Gasteiger partial charge is 0.239 e. The van der Waals surface area contributed by atoms with Gasteiger partial charge >= 0.3 is 0 Å². The average Bonchev–Trinajstić information content (AvgIpc) is 3.07. The van der Waals surface area contributed by atoms with Crippen LogP contribution in [0, 0.1) is 11.3 Å². The maximum Gasteiger partial charge on any atom is 0.239 e. The van der Waals surface area contributed by atoms with Crippen molar-refractivity contribution in [3.8, 4) is 0 Å². The van der Waals surface area contributed by atoms with Gasteiger partial charge < -0.3 is 15.7 Å². The fourth-order valence-electron chi connectivity index (χ4n) is 2.08. The molecule has 1 aliphatic carbocycles. The number of hydrogen-bond acceptors (Lipinski definition) is 3. The van der Waals surface area contributed by atoms with Gasteiger partial charge in [0.25, 0.3) is 0 Å². The van der Waals surface area contributed by atoms with Crippen molar-refractivity contribution in [3.63, 3.8) is 0 Å². The first kappa shape index (κ1) is 16.0. The van der Waals surface area contributed by atoms with E-state index in [9.17, 15) is 14.7 Å². The van der Waals surface area contributed by atoms with Crippen LogP contribution in [0.5, 0.6) is 0 Å². The van der Waals surface area contributed by atoms with Gasteiger partial charge in [0.05, 0.1) is 18.7 Å². The summed E-state index contributed by atoms with van der Waals surface area (Å²) in [6.45, 7) is 7.67. The molecule has 19 heavy (non-hydrogen) atoms. The lowest BCUT2D eigenvalue weighted by molar-refractivity contribution is -0.128. The number of hydrogen-bond donors (Lipinski definition) is 3. The summed E-state index contributed by atoms with van der Waals surface area (Å²) in [6, 6.07) is 0. The molecule has 1 atom stereocenters. The zero-order valence-electron chi connectivity index (χ0n) is 12.4. The van der Waals surface area contributed by atoms with Crippen molar-refractivity contribution in [2.75, 3.05) is 13.2 Å². The molecular weight excluding hydrogens is 244 g/mol. The third-order valence-electron chi connectivity index (χ3n) is 3.37. The molecular formula is C14H26N2O3. The molecule has 0 aromatic heterocycles. The number of rotatable bonds is 6. The molecule has 0 spiro atoms. The molecule has 5 heteroatoms. The minimum absolute atomic E-state index is 0.0305. The van der Waals surface area contributed by atoms with E-state index >= 15 is 0 Å². The summed E-state index contributed by atoms with van der Waals surface area (Å²) in [7, 11) is 0. The minimum atomic E-state index is -0.550. The summed E-state index contributed by atoms with van der Waals surface area (Å²) in [5, 5.41) is 14.8. The lowest BCUT2D eigenvalue weighted by Gasteiger charge is -2.29. The Hall–Kier alpha value is -1.10. The van der Waals surface area contributed by atoms with E-state index in [2.05, 4.69) is 10.6 Å². The van der Waals surface area contributed by atoms with E-state index < -0.39 is 5.54 Å². The van der Waals surface area contributed by atoms with Crippen LogP contribution in [0.2, 0.25) is 0 Å². The van der Waals surface area contributed by atoms with Gasteiger partial charge in [0.2, 0.25) is 11.8 Å². The zero-order valence-corrected chi connectivity index (χ0v) is 12.4. The van der Waals surface area contributed by atoms with Gasteiger partial charge in [-0.3, -0.25) is 9.59 Å². The average molecular weight is 270 g/mol. The fourth-order valence-corrected chi connectivity index (χ4v) is 2.08. The molecule has 0 aromatic carbocycles. The Balaban J connectivity index is 2.33. The minimum Gasteiger partial charge on any atom is -0.394 e. The van der Waals surface area contributed by atoms with Gasteiger partial charge in [0, 0.05) is 6.42 Å². The van der Waals surface area contributed by atoms with E-state index in [1.54, 1.807) is 0 Å². The Labute approximate surface area is 115 Å². The Bertz CT molecular complexity index is 345. The molecule has 3 N–H and O–H groups in total. The monoisotopic (exact) mass is 270 g/mol. The Morgan fingerprint density at radius 1 is 1.16 bits per heavy atom. The number of amides is 2. The van der Waals surface area contributed by atoms with E-state index in [0.29, 0.717) is 12.3 Å². The summed E-state index contributed by atoms with van der Waals surface area (Å²) in [5.74, 6) is -0.0165. The Kier molecular flexibility index (Phi) is 4.96. The standard InChI is InChI=1S/C14H26N2O3/c1-13(2,3)7-11(18)15-8-12(19)16-14(4,9-17)10-5-6-10/h10,17H,5-9H2,1-4H3,(H,15,18)(H,16,19). The molecule has 1 aliphatic rings. The van der Waals surface area contributed by atoms with Crippen LogP contribution in [0.4, 0.5) is 0 Å². The van der Waals surface area contributed by atoms with Crippen LogP contribution >= 0.6 is 0 Å². The molecule has 2 amide bonds. The third kappa shape index (κ3) is 5.59. The van der Waals surface area contributed by atoms with Gasteiger partial charge in [-0.25, -0.2) is 0 Å². The Morgan fingerprint density at radius 2 is 1.74 bits per heavy atom. The summed E-state index contributed by atoms with van der Waals surface area (Å²) >= 11 is 0. The fraction of sp³-hybridized carbons (Fsp3) is 0.857. The molecule has 1 unspecified atom stereocenters. The van der Waals surface area contributed by atoms with Crippen molar-refractivity contribution in [2.45, 2.75) is 52.5 Å². The van der Waals surface area contributed by atoms with Crippen molar-refractivity contribution in [1.29, 1.82) is 0 Å². The van der Waals surface area contributed by atoms with Gasteiger partial charge in [-0.05, 0) is 31.1 Å². The number of aliphatic hydroxyl groups excluding tert-OH is 1. The van der Waals surface area contributed by atoms with Crippen LogP contribution in [0.25, 0.3) is 0 Å². The number of carbonyl (C=O) groups excluding carboxylic acids is 2. The van der Waals surface area contributed by atoms with Crippen molar-refractivity contribution >= 4 is 11.8 Å². The van der Waals surface area contributed by atoms with Crippen molar-refractivity contribution in [2.24, 2.45) is 11.3 Å². The predicted octanol–water partition coefficient (Wildman–Crippen LogP) is 0.816. The summed E-state index contributed by atoms with van der Waals surface area (Å²) in [4.78, 5) is 23.4.